The van der Waals surface area contributed by atoms with Crippen molar-refractivity contribution in [1.29, 1.82) is 0 Å². The molecule has 0 N–H and O–H groups in total. The molecule has 1 aromatic heterocycles. The van der Waals surface area contributed by atoms with E-state index >= 15 is 0 Å². The highest BCUT2D eigenvalue weighted by Gasteiger charge is 2.26. The van der Waals surface area contributed by atoms with Crippen LogP contribution < -0.4 is 4.57 Å². The van der Waals surface area contributed by atoms with Crippen molar-refractivity contribution >= 4 is 17.0 Å². The predicted octanol–water partition coefficient (Wildman–Crippen LogP) is 3.22. The molecule has 0 fully saturated rings. The first-order valence-corrected chi connectivity index (χ1v) is 6.02. The molecule has 2 rings (SSSR count). The number of benzene rings is 1. The summed E-state index contributed by atoms with van der Waals surface area (Å²) in [6.07, 6.45) is 1.41. The van der Waals surface area contributed by atoms with E-state index in [1.807, 2.05) is 58.0 Å². The molecule has 0 saturated heterocycles. The van der Waals surface area contributed by atoms with E-state index in [-0.39, 0.29) is 6.09 Å². The highest BCUT2D eigenvalue weighted by Crippen LogP contribution is 2.14. The smallest absolute Gasteiger partial charge is 0.406 e. The molecule has 0 radical (unpaired) electrons. The Balaban J connectivity index is 2.52. The molecule has 0 saturated carbocycles. The lowest BCUT2D eigenvalue weighted by molar-refractivity contribution is -0.561. The third-order valence-electron chi connectivity index (χ3n) is 2.65. The molecule has 3 heteroatoms. The van der Waals surface area contributed by atoms with Crippen LogP contribution in [-0.4, -0.2) is 11.7 Å². The maximum Gasteiger partial charge on any atom is 0.603 e. The minimum atomic E-state index is -0.490. The molecule has 0 spiro atoms. The molecule has 94 valence electrons. The standard InChI is InChI=1S/C15H18NO2/c1-11-9-10-16(14(17)18-15(2,3)4)13-8-6-5-7-12(11)13/h5-10H,1-4H3/q+1. The van der Waals surface area contributed by atoms with Crippen LogP contribution in [0.4, 0.5) is 4.79 Å². The second-order valence-electron chi connectivity index (χ2n) is 5.37. The molecule has 0 atom stereocenters. The zero-order valence-corrected chi connectivity index (χ0v) is 11.2. The molecule has 0 aliphatic heterocycles. The number of ether oxygens (including phenoxy) is 1. The summed E-state index contributed by atoms with van der Waals surface area (Å²) in [6, 6.07) is 9.74. The van der Waals surface area contributed by atoms with E-state index in [1.165, 1.54) is 0 Å². The summed E-state index contributed by atoms with van der Waals surface area (Å²) in [4.78, 5) is 12.1. The van der Waals surface area contributed by atoms with Gasteiger partial charge in [-0.05, 0) is 39.3 Å². The van der Waals surface area contributed by atoms with Gasteiger partial charge in [-0.1, -0.05) is 16.7 Å². The average Bonchev–Trinajstić information content (AvgIpc) is 2.27. The van der Waals surface area contributed by atoms with Crippen molar-refractivity contribution in [2.75, 3.05) is 0 Å². The molecular formula is C15H18NO2+. The van der Waals surface area contributed by atoms with Crippen LogP contribution in [0, 0.1) is 6.92 Å². The van der Waals surface area contributed by atoms with Gasteiger partial charge in [-0.15, -0.1) is 0 Å². The highest BCUT2D eigenvalue weighted by molar-refractivity contribution is 5.81. The first kappa shape index (κ1) is 12.6. The molecule has 0 bridgehead atoms. The molecule has 0 unspecified atom stereocenters. The van der Waals surface area contributed by atoms with Gasteiger partial charge in [0.25, 0.3) is 0 Å². The van der Waals surface area contributed by atoms with Gasteiger partial charge in [0.1, 0.15) is 5.60 Å². The van der Waals surface area contributed by atoms with Crippen molar-refractivity contribution in [3.05, 3.63) is 42.1 Å². The molecule has 18 heavy (non-hydrogen) atoms. The summed E-state index contributed by atoms with van der Waals surface area (Å²) in [5.74, 6) is 0. The van der Waals surface area contributed by atoms with E-state index < -0.39 is 5.60 Å². The van der Waals surface area contributed by atoms with Crippen LogP contribution in [0.2, 0.25) is 0 Å². The van der Waals surface area contributed by atoms with Crippen LogP contribution >= 0.6 is 0 Å². The highest BCUT2D eigenvalue weighted by atomic mass is 16.6. The lowest BCUT2D eigenvalue weighted by Crippen LogP contribution is -2.46. The molecule has 2 aromatic rings. The van der Waals surface area contributed by atoms with Crippen molar-refractivity contribution in [3.63, 3.8) is 0 Å². The van der Waals surface area contributed by atoms with E-state index in [9.17, 15) is 4.79 Å². The van der Waals surface area contributed by atoms with E-state index in [0.29, 0.717) is 0 Å². The van der Waals surface area contributed by atoms with Crippen molar-refractivity contribution in [3.8, 4) is 0 Å². The van der Waals surface area contributed by atoms with Gasteiger partial charge >= 0.3 is 6.09 Å². The lowest BCUT2D eigenvalue weighted by Gasteiger charge is -2.16. The van der Waals surface area contributed by atoms with Crippen molar-refractivity contribution < 1.29 is 14.1 Å². The number of pyridine rings is 1. The Morgan fingerprint density at radius 2 is 1.83 bits per heavy atom. The van der Waals surface area contributed by atoms with E-state index in [1.54, 1.807) is 10.8 Å². The molecule has 0 aliphatic carbocycles. The van der Waals surface area contributed by atoms with E-state index in [4.69, 9.17) is 4.74 Å². The van der Waals surface area contributed by atoms with Crippen LogP contribution in [0.3, 0.4) is 0 Å². The van der Waals surface area contributed by atoms with Crippen molar-refractivity contribution in [1.82, 2.24) is 0 Å². The average molecular weight is 244 g/mol. The summed E-state index contributed by atoms with van der Waals surface area (Å²) in [5.41, 5.74) is 1.52. The number of para-hydroxylation sites is 1. The van der Waals surface area contributed by atoms with Crippen LogP contribution in [-0.2, 0) is 4.74 Å². The Morgan fingerprint density at radius 1 is 1.17 bits per heavy atom. The van der Waals surface area contributed by atoms with E-state index in [2.05, 4.69) is 0 Å². The maximum atomic E-state index is 12.1. The van der Waals surface area contributed by atoms with Crippen LogP contribution in [0.25, 0.3) is 10.9 Å². The van der Waals surface area contributed by atoms with Gasteiger partial charge in [0, 0.05) is 12.1 Å². The zero-order valence-electron chi connectivity index (χ0n) is 11.2. The summed E-state index contributed by atoms with van der Waals surface area (Å²) in [6.45, 7) is 7.62. The minimum Gasteiger partial charge on any atom is -0.406 e. The Hall–Kier alpha value is -1.90. The molecule has 1 heterocycles. The van der Waals surface area contributed by atoms with Gasteiger partial charge < -0.3 is 4.74 Å². The quantitative estimate of drug-likeness (QED) is 0.666. The molecular weight excluding hydrogens is 226 g/mol. The Labute approximate surface area is 107 Å². The monoisotopic (exact) mass is 244 g/mol. The summed E-state index contributed by atoms with van der Waals surface area (Å²) in [5, 5.41) is 1.06. The number of carbonyl (C=O) groups is 1. The second kappa shape index (κ2) is 4.41. The predicted molar refractivity (Wildman–Crippen MR) is 70.5 cm³/mol. The van der Waals surface area contributed by atoms with Crippen LogP contribution in [0.5, 0.6) is 0 Å². The second-order valence-corrected chi connectivity index (χ2v) is 5.37. The SMILES string of the molecule is Cc1cc[n+](C(=O)OC(C)(C)C)c2ccccc12. The number of nitrogens with zero attached hydrogens (tertiary/aromatic N) is 1. The molecule has 0 aliphatic rings. The largest absolute Gasteiger partial charge is 0.603 e. The Bertz CT molecular complexity index is 597. The number of aromatic nitrogens is 1. The fourth-order valence-electron chi connectivity index (χ4n) is 1.84. The van der Waals surface area contributed by atoms with Gasteiger partial charge in [0.15, 0.2) is 6.20 Å². The first-order chi connectivity index (χ1) is 8.38. The topological polar surface area (TPSA) is 30.2 Å². The van der Waals surface area contributed by atoms with Gasteiger partial charge in [-0.25, -0.2) is 0 Å². The third-order valence-corrected chi connectivity index (χ3v) is 2.65. The van der Waals surface area contributed by atoms with Gasteiger partial charge in [-0.2, -0.15) is 4.79 Å². The number of hydrogen-bond donors (Lipinski definition) is 0. The molecule has 3 nitrogen and oxygen atoms in total. The van der Waals surface area contributed by atoms with Gasteiger partial charge in [0.2, 0.25) is 5.52 Å². The number of fused-ring (bicyclic) bond motifs is 1. The normalized spacial score (nSPS) is 11.6. The summed E-state index contributed by atoms with van der Waals surface area (Å²) in [7, 11) is 0. The zero-order chi connectivity index (χ0) is 13.3. The van der Waals surface area contributed by atoms with Crippen LogP contribution in [0.15, 0.2) is 36.5 Å². The first-order valence-electron chi connectivity index (χ1n) is 6.02. The Kier molecular flexibility index (Phi) is 3.07. The number of carbonyl (C=O) groups excluding carboxylic acids is 1. The van der Waals surface area contributed by atoms with Gasteiger partial charge in [0.05, 0.1) is 5.39 Å². The lowest BCUT2D eigenvalue weighted by atomic mass is 10.1. The Morgan fingerprint density at radius 3 is 2.50 bits per heavy atom. The van der Waals surface area contributed by atoms with E-state index in [0.717, 1.165) is 16.5 Å². The summed E-state index contributed by atoms with van der Waals surface area (Å²) >= 11 is 0. The van der Waals surface area contributed by atoms with Crippen LogP contribution in [0.1, 0.15) is 26.3 Å². The third kappa shape index (κ3) is 2.50. The number of hydrogen-bond acceptors (Lipinski definition) is 2. The number of rotatable bonds is 0. The van der Waals surface area contributed by atoms with Crippen molar-refractivity contribution in [2.45, 2.75) is 33.3 Å². The van der Waals surface area contributed by atoms with Gasteiger partial charge in [-0.3, -0.25) is 0 Å². The van der Waals surface area contributed by atoms with Crippen molar-refractivity contribution in [2.24, 2.45) is 0 Å². The minimum absolute atomic E-state index is 0.348. The molecule has 0 amide bonds. The fourth-order valence-corrected chi connectivity index (χ4v) is 1.84. The summed E-state index contributed by atoms with van der Waals surface area (Å²) < 4.78 is 6.94. The number of aryl methyl sites for hydroxylation is 1. The maximum absolute atomic E-state index is 12.1. The molecule has 1 aromatic carbocycles. The fraction of sp³-hybridized carbons (Fsp3) is 0.333.